The van der Waals surface area contributed by atoms with Gasteiger partial charge in [0.15, 0.2) is 0 Å². The quantitative estimate of drug-likeness (QED) is 0.775. The number of amides is 1. The van der Waals surface area contributed by atoms with Crippen molar-refractivity contribution < 1.29 is 4.79 Å². The van der Waals surface area contributed by atoms with Crippen molar-refractivity contribution >= 4 is 43.4 Å². The first kappa shape index (κ1) is 14.0. The Hall–Kier alpha value is -1.99. The van der Waals surface area contributed by atoms with E-state index in [0.717, 1.165) is 4.47 Å². The lowest BCUT2D eigenvalue weighted by Gasteiger charge is -2.16. The van der Waals surface area contributed by atoms with E-state index in [4.69, 9.17) is 5.73 Å². The normalized spacial score (nSPS) is 12.4. The summed E-state index contributed by atoms with van der Waals surface area (Å²) in [4.78, 5) is 29.2. The smallest absolute Gasteiger partial charge is 0.263 e. The lowest BCUT2D eigenvalue weighted by atomic mass is 10.1. The highest BCUT2D eigenvalue weighted by atomic mass is 79.9. The summed E-state index contributed by atoms with van der Waals surface area (Å²) in [5, 5.41) is 2.28. The molecule has 2 aromatic heterocycles. The minimum Gasteiger partial charge on any atom is -0.368 e. The molecule has 0 saturated heterocycles. The zero-order valence-corrected chi connectivity index (χ0v) is 13.1. The number of benzene rings is 1. The summed E-state index contributed by atoms with van der Waals surface area (Å²) >= 11 is 4.73. The lowest BCUT2D eigenvalue weighted by molar-refractivity contribution is -0.120. The average molecular weight is 364 g/mol. The number of primary amides is 1. The van der Waals surface area contributed by atoms with Crippen LogP contribution in [-0.2, 0) is 4.79 Å². The third kappa shape index (κ3) is 2.50. The number of fused-ring (bicyclic) bond motifs is 1. The van der Waals surface area contributed by atoms with Gasteiger partial charge >= 0.3 is 0 Å². The summed E-state index contributed by atoms with van der Waals surface area (Å²) in [5.74, 6) is -0.605. The monoisotopic (exact) mass is 363 g/mol. The van der Waals surface area contributed by atoms with E-state index in [0.29, 0.717) is 15.8 Å². The minimum absolute atomic E-state index is 0.273. The molecule has 1 unspecified atom stereocenters. The van der Waals surface area contributed by atoms with Gasteiger partial charge in [0.1, 0.15) is 17.2 Å². The van der Waals surface area contributed by atoms with E-state index >= 15 is 0 Å². The number of hydrogen-bond acceptors (Lipinski definition) is 4. The molecule has 0 spiro atoms. The van der Waals surface area contributed by atoms with Crippen molar-refractivity contribution in [3.63, 3.8) is 0 Å². The van der Waals surface area contributed by atoms with Crippen LogP contribution in [-0.4, -0.2) is 15.5 Å². The first-order chi connectivity index (χ1) is 10.1. The molecule has 3 aromatic rings. The van der Waals surface area contributed by atoms with Crippen LogP contribution in [0.25, 0.3) is 10.2 Å². The summed E-state index contributed by atoms with van der Waals surface area (Å²) in [6.45, 7) is 0. The molecular weight excluding hydrogens is 354 g/mol. The van der Waals surface area contributed by atoms with E-state index in [-0.39, 0.29) is 5.56 Å². The van der Waals surface area contributed by atoms with Crippen LogP contribution < -0.4 is 11.3 Å². The Morgan fingerprint density at radius 2 is 2.19 bits per heavy atom. The zero-order valence-electron chi connectivity index (χ0n) is 10.7. The van der Waals surface area contributed by atoms with Crippen LogP contribution in [0.15, 0.2) is 51.3 Å². The Labute approximate surface area is 132 Å². The lowest BCUT2D eigenvalue weighted by Crippen LogP contribution is -2.34. The van der Waals surface area contributed by atoms with Gasteiger partial charge in [0, 0.05) is 4.47 Å². The SMILES string of the molecule is NC(=O)C(c1cccc(Br)c1)n1cnc2sccc2c1=O. The molecule has 1 aromatic carbocycles. The summed E-state index contributed by atoms with van der Waals surface area (Å²) in [5.41, 5.74) is 5.86. The Bertz CT molecular complexity index is 887. The van der Waals surface area contributed by atoms with Crippen LogP contribution in [0.5, 0.6) is 0 Å². The topological polar surface area (TPSA) is 78.0 Å². The first-order valence-corrected chi connectivity index (χ1v) is 7.74. The van der Waals surface area contributed by atoms with E-state index < -0.39 is 11.9 Å². The summed E-state index contributed by atoms with van der Waals surface area (Å²) in [7, 11) is 0. The van der Waals surface area contributed by atoms with Crippen LogP contribution in [0.2, 0.25) is 0 Å². The Balaban J connectivity index is 2.23. The van der Waals surface area contributed by atoms with Gasteiger partial charge in [-0.3, -0.25) is 14.2 Å². The van der Waals surface area contributed by atoms with Crippen molar-refractivity contribution in [3.8, 4) is 0 Å². The van der Waals surface area contributed by atoms with Gasteiger partial charge in [-0.1, -0.05) is 28.1 Å². The molecule has 0 bridgehead atoms. The minimum atomic E-state index is -0.883. The Morgan fingerprint density at radius 1 is 1.38 bits per heavy atom. The third-order valence-corrected chi connectivity index (χ3v) is 4.44. The van der Waals surface area contributed by atoms with Gasteiger partial charge in [0.25, 0.3) is 5.56 Å². The molecule has 2 N–H and O–H groups in total. The molecule has 0 aliphatic rings. The molecule has 2 heterocycles. The van der Waals surface area contributed by atoms with Crippen molar-refractivity contribution in [1.29, 1.82) is 0 Å². The standard InChI is InChI=1S/C14H10BrN3O2S/c15-9-3-1-2-8(6-9)11(12(16)19)18-7-17-13-10(14(18)20)4-5-21-13/h1-7,11H,(H2,16,19). The summed E-state index contributed by atoms with van der Waals surface area (Å²) < 4.78 is 2.09. The fourth-order valence-corrected chi connectivity index (χ4v) is 3.33. The largest absolute Gasteiger partial charge is 0.368 e. The molecule has 0 aliphatic heterocycles. The molecule has 1 amide bonds. The number of halogens is 1. The highest BCUT2D eigenvalue weighted by Gasteiger charge is 2.22. The van der Waals surface area contributed by atoms with Gasteiger partial charge in [-0.05, 0) is 29.1 Å². The van der Waals surface area contributed by atoms with E-state index in [1.807, 2.05) is 6.07 Å². The summed E-state index contributed by atoms with van der Waals surface area (Å²) in [6.07, 6.45) is 1.37. The molecule has 0 saturated carbocycles. The average Bonchev–Trinajstić information content (AvgIpc) is 2.91. The summed E-state index contributed by atoms with van der Waals surface area (Å²) in [6, 6.07) is 7.96. The molecule has 7 heteroatoms. The molecule has 0 aliphatic carbocycles. The molecular formula is C14H10BrN3O2S. The van der Waals surface area contributed by atoms with Crippen LogP contribution in [0.3, 0.4) is 0 Å². The number of nitrogens with zero attached hydrogens (tertiary/aromatic N) is 2. The van der Waals surface area contributed by atoms with E-state index in [9.17, 15) is 9.59 Å². The van der Waals surface area contributed by atoms with Gasteiger partial charge in [-0.25, -0.2) is 4.98 Å². The third-order valence-electron chi connectivity index (χ3n) is 3.12. The number of nitrogens with two attached hydrogens (primary N) is 1. The molecule has 0 radical (unpaired) electrons. The molecule has 1 atom stereocenters. The molecule has 106 valence electrons. The van der Waals surface area contributed by atoms with Gasteiger partial charge in [0.05, 0.1) is 5.39 Å². The van der Waals surface area contributed by atoms with Gasteiger partial charge in [-0.15, -0.1) is 11.3 Å². The van der Waals surface area contributed by atoms with E-state index in [1.165, 1.54) is 22.2 Å². The maximum Gasteiger partial charge on any atom is 0.263 e. The highest BCUT2D eigenvalue weighted by Crippen LogP contribution is 2.22. The Morgan fingerprint density at radius 3 is 2.90 bits per heavy atom. The molecule has 0 fully saturated rings. The van der Waals surface area contributed by atoms with Gasteiger partial charge < -0.3 is 5.73 Å². The number of hydrogen-bond donors (Lipinski definition) is 1. The number of carbonyl (C=O) groups excluding carboxylic acids is 1. The van der Waals surface area contributed by atoms with Crippen molar-refractivity contribution in [3.05, 3.63) is 62.4 Å². The van der Waals surface area contributed by atoms with Gasteiger partial charge in [0.2, 0.25) is 5.91 Å². The predicted molar refractivity (Wildman–Crippen MR) is 85.4 cm³/mol. The fourth-order valence-electron chi connectivity index (χ4n) is 2.19. The second-order valence-electron chi connectivity index (χ2n) is 4.46. The number of rotatable bonds is 3. The Kier molecular flexibility index (Phi) is 3.60. The predicted octanol–water partition coefficient (Wildman–Crippen LogP) is 2.30. The van der Waals surface area contributed by atoms with Crippen molar-refractivity contribution in [2.75, 3.05) is 0 Å². The van der Waals surface area contributed by atoms with E-state index in [2.05, 4.69) is 20.9 Å². The van der Waals surface area contributed by atoms with Crippen LogP contribution in [0.1, 0.15) is 11.6 Å². The number of thiophene rings is 1. The molecule has 5 nitrogen and oxygen atoms in total. The molecule has 3 rings (SSSR count). The number of aromatic nitrogens is 2. The van der Waals surface area contributed by atoms with Crippen molar-refractivity contribution in [1.82, 2.24) is 9.55 Å². The highest BCUT2D eigenvalue weighted by molar-refractivity contribution is 9.10. The zero-order chi connectivity index (χ0) is 15.0. The second-order valence-corrected chi connectivity index (χ2v) is 6.27. The second kappa shape index (κ2) is 5.42. The van der Waals surface area contributed by atoms with Crippen molar-refractivity contribution in [2.45, 2.75) is 6.04 Å². The van der Waals surface area contributed by atoms with Crippen LogP contribution >= 0.6 is 27.3 Å². The van der Waals surface area contributed by atoms with Crippen molar-refractivity contribution in [2.24, 2.45) is 5.73 Å². The maximum absolute atomic E-state index is 12.5. The molecule has 21 heavy (non-hydrogen) atoms. The van der Waals surface area contributed by atoms with E-state index in [1.54, 1.807) is 29.6 Å². The first-order valence-electron chi connectivity index (χ1n) is 6.07. The van der Waals surface area contributed by atoms with Crippen LogP contribution in [0, 0.1) is 0 Å². The van der Waals surface area contributed by atoms with Crippen LogP contribution in [0.4, 0.5) is 0 Å². The number of carbonyl (C=O) groups is 1. The van der Waals surface area contributed by atoms with Gasteiger partial charge in [-0.2, -0.15) is 0 Å². The fraction of sp³-hybridized carbons (Fsp3) is 0.0714. The maximum atomic E-state index is 12.5.